The Labute approximate surface area is 79.8 Å². The number of guanidine groups is 1. The van der Waals surface area contributed by atoms with E-state index in [1.807, 2.05) is 0 Å². The smallest absolute Gasteiger partial charge is 0.188 e. The van der Waals surface area contributed by atoms with Crippen LogP contribution in [0.25, 0.3) is 0 Å². The van der Waals surface area contributed by atoms with Gasteiger partial charge in [-0.05, 0) is 30.6 Å². The van der Waals surface area contributed by atoms with E-state index in [0.29, 0.717) is 5.96 Å². The lowest BCUT2D eigenvalue weighted by Gasteiger charge is -2.21. The molecule has 3 N–H and O–H groups in total. The maximum Gasteiger partial charge on any atom is 0.188 e. The van der Waals surface area contributed by atoms with Gasteiger partial charge in [0, 0.05) is 13.6 Å². The van der Waals surface area contributed by atoms with Gasteiger partial charge in [0.1, 0.15) is 0 Å². The lowest BCUT2D eigenvalue weighted by molar-refractivity contribution is 0.334. The summed E-state index contributed by atoms with van der Waals surface area (Å²) in [7, 11) is 1.73. The number of nitrogens with two attached hydrogens (primary N) is 1. The van der Waals surface area contributed by atoms with Crippen LogP contribution in [0.4, 0.5) is 0 Å². The van der Waals surface area contributed by atoms with E-state index >= 15 is 0 Å². The van der Waals surface area contributed by atoms with Crippen molar-refractivity contribution >= 4 is 5.96 Å². The Morgan fingerprint density at radius 3 is 3.15 bits per heavy atom. The molecule has 2 fully saturated rings. The third-order valence-corrected chi connectivity index (χ3v) is 3.52. The average Bonchev–Trinajstić information content (AvgIpc) is 2.92. The molecule has 3 nitrogen and oxygen atoms in total. The third-order valence-electron chi connectivity index (χ3n) is 3.52. The van der Waals surface area contributed by atoms with Crippen LogP contribution in [0, 0.1) is 17.8 Å². The summed E-state index contributed by atoms with van der Waals surface area (Å²) in [6.07, 6.45) is 5.73. The minimum atomic E-state index is 0.586. The average molecular weight is 181 g/mol. The molecule has 0 aromatic carbocycles. The zero-order chi connectivity index (χ0) is 9.26. The molecule has 0 radical (unpaired) electrons. The number of nitrogens with one attached hydrogen (secondary N) is 1. The Morgan fingerprint density at radius 1 is 1.54 bits per heavy atom. The van der Waals surface area contributed by atoms with Gasteiger partial charge in [-0.3, -0.25) is 4.99 Å². The van der Waals surface area contributed by atoms with Crippen molar-refractivity contribution < 1.29 is 0 Å². The Bertz CT molecular complexity index is 212. The Hall–Kier alpha value is -0.730. The lowest BCUT2D eigenvalue weighted by atomic mass is 9.89. The second-order valence-corrected chi connectivity index (χ2v) is 4.34. The minimum Gasteiger partial charge on any atom is -0.370 e. The normalized spacial score (nSPS) is 38.2. The highest BCUT2D eigenvalue weighted by atomic mass is 15.1. The van der Waals surface area contributed by atoms with Crippen LogP contribution >= 0.6 is 0 Å². The first-order chi connectivity index (χ1) is 6.31. The lowest BCUT2D eigenvalue weighted by Crippen LogP contribution is -2.36. The second kappa shape index (κ2) is 3.56. The van der Waals surface area contributed by atoms with Crippen molar-refractivity contribution in [1.82, 2.24) is 5.32 Å². The molecule has 2 rings (SSSR count). The quantitative estimate of drug-likeness (QED) is 0.492. The van der Waals surface area contributed by atoms with Gasteiger partial charge in [-0.1, -0.05) is 12.8 Å². The molecule has 0 spiro atoms. The molecule has 0 saturated heterocycles. The molecule has 0 heterocycles. The van der Waals surface area contributed by atoms with Gasteiger partial charge in [0.15, 0.2) is 5.96 Å². The summed E-state index contributed by atoms with van der Waals surface area (Å²) >= 11 is 0. The number of rotatable bonds is 2. The zero-order valence-electron chi connectivity index (χ0n) is 8.29. The number of nitrogens with zero attached hydrogens (tertiary/aromatic N) is 1. The molecule has 3 unspecified atom stereocenters. The summed E-state index contributed by atoms with van der Waals surface area (Å²) in [5.74, 6) is 3.51. The van der Waals surface area contributed by atoms with E-state index < -0.39 is 0 Å². The van der Waals surface area contributed by atoms with Gasteiger partial charge < -0.3 is 11.1 Å². The van der Waals surface area contributed by atoms with Crippen LogP contribution in [-0.4, -0.2) is 19.6 Å². The Kier molecular flexibility index (Phi) is 2.42. The van der Waals surface area contributed by atoms with Gasteiger partial charge in [0.2, 0.25) is 0 Å². The molecule has 74 valence electrons. The molecule has 3 heteroatoms. The molecular weight excluding hydrogens is 162 g/mol. The molecule has 0 amide bonds. The van der Waals surface area contributed by atoms with Crippen LogP contribution in [0.1, 0.15) is 25.7 Å². The zero-order valence-corrected chi connectivity index (χ0v) is 8.29. The van der Waals surface area contributed by atoms with Gasteiger partial charge >= 0.3 is 0 Å². The summed E-state index contributed by atoms with van der Waals surface area (Å²) in [6, 6.07) is 0. The van der Waals surface area contributed by atoms with E-state index in [-0.39, 0.29) is 0 Å². The van der Waals surface area contributed by atoms with E-state index in [9.17, 15) is 0 Å². The van der Waals surface area contributed by atoms with E-state index in [0.717, 1.165) is 24.3 Å². The van der Waals surface area contributed by atoms with Crippen molar-refractivity contribution in [2.45, 2.75) is 25.7 Å². The summed E-state index contributed by atoms with van der Waals surface area (Å²) in [4.78, 5) is 3.89. The van der Waals surface area contributed by atoms with E-state index in [4.69, 9.17) is 5.73 Å². The topological polar surface area (TPSA) is 50.4 Å². The van der Waals surface area contributed by atoms with Crippen molar-refractivity contribution in [1.29, 1.82) is 0 Å². The first-order valence-electron chi connectivity index (χ1n) is 5.27. The number of hydrogen-bond acceptors (Lipinski definition) is 1. The fourth-order valence-electron chi connectivity index (χ4n) is 2.60. The number of hydrogen-bond donors (Lipinski definition) is 2. The predicted octanol–water partition coefficient (Wildman–Crippen LogP) is 0.957. The van der Waals surface area contributed by atoms with Gasteiger partial charge in [0.05, 0.1) is 0 Å². The highest BCUT2D eigenvalue weighted by Gasteiger charge is 2.44. The van der Waals surface area contributed by atoms with Crippen LogP contribution in [0.3, 0.4) is 0 Å². The van der Waals surface area contributed by atoms with Gasteiger partial charge in [-0.15, -0.1) is 0 Å². The van der Waals surface area contributed by atoms with Gasteiger partial charge in [-0.2, -0.15) is 0 Å². The van der Waals surface area contributed by atoms with Crippen molar-refractivity contribution in [3.63, 3.8) is 0 Å². The highest BCUT2D eigenvalue weighted by Crippen LogP contribution is 2.52. The van der Waals surface area contributed by atoms with E-state index in [2.05, 4.69) is 10.3 Å². The number of fused-ring (bicyclic) bond motifs is 1. The minimum absolute atomic E-state index is 0.586. The molecule has 3 atom stereocenters. The Balaban J connectivity index is 1.75. The summed E-state index contributed by atoms with van der Waals surface area (Å²) in [5.41, 5.74) is 5.59. The van der Waals surface area contributed by atoms with Crippen molar-refractivity contribution in [2.75, 3.05) is 13.6 Å². The maximum absolute atomic E-state index is 5.59. The fraction of sp³-hybridized carbons (Fsp3) is 0.900. The van der Waals surface area contributed by atoms with Crippen LogP contribution < -0.4 is 11.1 Å². The van der Waals surface area contributed by atoms with Crippen LogP contribution in [0.2, 0.25) is 0 Å². The SMILES string of the molecule is CN=C(N)NCC1CCCC2CC12. The van der Waals surface area contributed by atoms with Crippen molar-refractivity contribution in [2.24, 2.45) is 28.5 Å². The molecule has 2 saturated carbocycles. The molecule has 0 aromatic heterocycles. The molecule has 13 heavy (non-hydrogen) atoms. The van der Waals surface area contributed by atoms with E-state index in [1.54, 1.807) is 7.05 Å². The first kappa shape index (κ1) is 8.85. The Morgan fingerprint density at radius 2 is 2.38 bits per heavy atom. The summed E-state index contributed by atoms with van der Waals surface area (Å²) < 4.78 is 0. The van der Waals surface area contributed by atoms with Crippen LogP contribution in [0.15, 0.2) is 4.99 Å². The van der Waals surface area contributed by atoms with Gasteiger partial charge in [-0.25, -0.2) is 0 Å². The molecule has 0 aromatic rings. The van der Waals surface area contributed by atoms with Crippen LogP contribution in [0.5, 0.6) is 0 Å². The fourth-order valence-corrected chi connectivity index (χ4v) is 2.60. The number of aliphatic imine (C=N–C) groups is 1. The molecule has 2 aliphatic carbocycles. The largest absolute Gasteiger partial charge is 0.370 e. The molecule has 0 bridgehead atoms. The highest BCUT2D eigenvalue weighted by molar-refractivity contribution is 5.77. The summed E-state index contributed by atoms with van der Waals surface area (Å²) in [5, 5.41) is 3.19. The summed E-state index contributed by atoms with van der Waals surface area (Å²) in [6.45, 7) is 1.03. The van der Waals surface area contributed by atoms with Crippen molar-refractivity contribution in [3.05, 3.63) is 0 Å². The van der Waals surface area contributed by atoms with Crippen molar-refractivity contribution in [3.8, 4) is 0 Å². The van der Waals surface area contributed by atoms with E-state index in [1.165, 1.54) is 25.7 Å². The maximum atomic E-state index is 5.59. The monoisotopic (exact) mass is 181 g/mol. The first-order valence-corrected chi connectivity index (χ1v) is 5.27. The molecule has 0 aliphatic heterocycles. The second-order valence-electron chi connectivity index (χ2n) is 4.34. The standard InChI is InChI=1S/C10H19N3/c1-12-10(11)13-6-8-4-2-3-7-5-9(7)8/h7-9H,2-6H2,1H3,(H3,11,12,13). The predicted molar refractivity (Wildman–Crippen MR) is 54.5 cm³/mol. The van der Waals surface area contributed by atoms with Crippen LogP contribution in [-0.2, 0) is 0 Å². The molecule has 2 aliphatic rings. The van der Waals surface area contributed by atoms with Gasteiger partial charge in [0.25, 0.3) is 0 Å². The molecular formula is C10H19N3. The third kappa shape index (κ3) is 1.95.